The SMILES string of the molecule is CCOC(=O)[C@H]1[C@H](COS(=O)(=O)c2ccc(C)cc2)N1C(=O)OC(C)(C)C. The fourth-order valence-corrected chi connectivity index (χ4v) is 3.37. The van der Waals surface area contributed by atoms with Crippen LogP contribution in [0.4, 0.5) is 4.79 Å². The molecule has 9 heteroatoms. The van der Waals surface area contributed by atoms with Gasteiger partial charge in [0.25, 0.3) is 10.1 Å². The van der Waals surface area contributed by atoms with Crippen LogP contribution in [0.1, 0.15) is 33.3 Å². The number of nitrogens with zero attached hydrogens (tertiary/aromatic N) is 1. The average Bonchev–Trinajstić information content (AvgIpc) is 3.27. The van der Waals surface area contributed by atoms with Crippen molar-refractivity contribution in [3.8, 4) is 0 Å². The number of hydrogen-bond acceptors (Lipinski definition) is 7. The summed E-state index contributed by atoms with van der Waals surface area (Å²) in [6.45, 7) is 8.35. The Bertz CT molecular complexity index is 796. The summed E-state index contributed by atoms with van der Waals surface area (Å²) in [5, 5.41) is 0. The Morgan fingerprint density at radius 1 is 1.15 bits per heavy atom. The molecule has 0 N–H and O–H groups in total. The molecule has 27 heavy (non-hydrogen) atoms. The van der Waals surface area contributed by atoms with Crippen LogP contribution in [0.5, 0.6) is 0 Å². The van der Waals surface area contributed by atoms with E-state index in [2.05, 4.69) is 0 Å². The monoisotopic (exact) mass is 399 g/mol. The van der Waals surface area contributed by atoms with E-state index in [1.165, 1.54) is 12.1 Å². The summed E-state index contributed by atoms with van der Waals surface area (Å²) in [5.74, 6) is -0.621. The van der Waals surface area contributed by atoms with E-state index in [1.54, 1.807) is 39.8 Å². The predicted molar refractivity (Wildman–Crippen MR) is 96.6 cm³/mol. The summed E-state index contributed by atoms with van der Waals surface area (Å²) >= 11 is 0. The van der Waals surface area contributed by atoms with Gasteiger partial charge in [-0.05, 0) is 46.8 Å². The average molecular weight is 399 g/mol. The van der Waals surface area contributed by atoms with Crippen LogP contribution in [0.2, 0.25) is 0 Å². The van der Waals surface area contributed by atoms with E-state index in [0.717, 1.165) is 10.5 Å². The van der Waals surface area contributed by atoms with Crippen LogP contribution in [0.25, 0.3) is 0 Å². The molecule has 1 heterocycles. The van der Waals surface area contributed by atoms with Gasteiger partial charge in [0.2, 0.25) is 0 Å². The van der Waals surface area contributed by atoms with Crippen LogP contribution >= 0.6 is 0 Å². The van der Waals surface area contributed by atoms with E-state index in [1.807, 2.05) is 6.92 Å². The first kappa shape index (κ1) is 21.2. The second-order valence-electron chi connectivity index (χ2n) is 7.20. The molecular formula is C18H25NO7S. The number of rotatable bonds is 6. The predicted octanol–water partition coefficient (Wildman–Crippen LogP) is 2.25. The van der Waals surface area contributed by atoms with Gasteiger partial charge in [-0.2, -0.15) is 8.42 Å². The van der Waals surface area contributed by atoms with E-state index >= 15 is 0 Å². The van der Waals surface area contributed by atoms with Gasteiger partial charge in [0.15, 0.2) is 6.04 Å². The Balaban J connectivity index is 2.08. The van der Waals surface area contributed by atoms with E-state index < -0.39 is 39.9 Å². The molecule has 1 aliphatic heterocycles. The minimum absolute atomic E-state index is 0.00486. The second kappa shape index (κ2) is 7.85. The van der Waals surface area contributed by atoms with E-state index in [4.69, 9.17) is 13.7 Å². The van der Waals surface area contributed by atoms with Gasteiger partial charge >= 0.3 is 12.1 Å². The third-order valence-corrected chi connectivity index (χ3v) is 5.06. The molecule has 0 spiro atoms. The van der Waals surface area contributed by atoms with Crippen molar-refractivity contribution < 1.29 is 31.7 Å². The van der Waals surface area contributed by atoms with Crippen molar-refractivity contribution in [3.63, 3.8) is 0 Å². The third-order valence-electron chi connectivity index (χ3n) is 3.77. The van der Waals surface area contributed by atoms with Crippen molar-refractivity contribution in [2.24, 2.45) is 0 Å². The molecule has 8 nitrogen and oxygen atoms in total. The van der Waals surface area contributed by atoms with Crippen LogP contribution in [-0.2, 0) is 28.6 Å². The standard InChI is InChI=1S/C18H25NO7S/c1-6-24-16(20)15-14(19(15)17(21)26-18(3,4)5)11-25-27(22,23)13-9-7-12(2)8-10-13/h7-10,14-15H,6,11H2,1-5H3/t14-,15+,19?/m0/s1. The minimum Gasteiger partial charge on any atom is -0.464 e. The Hall–Kier alpha value is -2.13. The highest BCUT2D eigenvalue weighted by molar-refractivity contribution is 7.86. The van der Waals surface area contributed by atoms with Crippen molar-refractivity contribution in [2.45, 2.75) is 57.2 Å². The molecule has 1 aromatic carbocycles. The maximum atomic E-state index is 12.3. The van der Waals surface area contributed by atoms with Gasteiger partial charge in [-0.25, -0.2) is 9.59 Å². The highest BCUT2D eigenvalue weighted by atomic mass is 32.2. The summed E-state index contributed by atoms with van der Waals surface area (Å²) in [4.78, 5) is 25.5. The molecule has 1 saturated heterocycles. The molecule has 2 rings (SSSR count). The number of ether oxygens (including phenoxy) is 2. The molecule has 0 saturated carbocycles. The molecule has 150 valence electrons. The number of carbonyl (C=O) groups is 2. The van der Waals surface area contributed by atoms with Crippen LogP contribution in [0.3, 0.4) is 0 Å². The second-order valence-corrected chi connectivity index (χ2v) is 8.82. The quantitative estimate of drug-likeness (QED) is 0.411. The molecule has 2 atom stereocenters. The Kier molecular flexibility index (Phi) is 6.16. The summed E-state index contributed by atoms with van der Waals surface area (Å²) in [7, 11) is -4.01. The van der Waals surface area contributed by atoms with Gasteiger partial charge in [0.1, 0.15) is 5.60 Å². The van der Waals surface area contributed by atoms with Crippen LogP contribution < -0.4 is 0 Å². The first-order valence-electron chi connectivity index (χ1n) is 8.60. The zero-order chi connectivity index (χ0) is 20.4. The number of amides is 1. The number of benzene rings is 1. The van der Waals surface area contributed by atoms with Crippen molar-refractivity contribution >= 4 is 22.2 Å². The zero-order valence-electron chi connectivity index (χ0n) is 16.1. The lowest BCUT2D eigenvalue weighted by Crippen LogP contribution is -2.30. The van der Waals surface area contributed by atoms with Crippen molar-refractivity contribution in [1.82, 2.24) is 4.90 Å². The molecule has 1 aliphatic rings. The maximum absolute atomic E-state index is 12.3. The normalized spacial score (nSPS) is 19.5. The number of esters is 1. The van der Waals surface area contributed by atoms with Gasteiger partial charge in [-0.15, -0.1) is 0 Å². The van der Waals surface area contributed by atoms with Gasteiger partial charge < -0.3 is 9.47 Å². The van der Waals surface area contributed by atoms with E-state index in [0.29, 0.717) is 0 Å². The molecule has 0 aromatic heterocycles. The van der Waals surface area contributed by atoms with Crippen LogP contribution in [0.15, 0.2) is 29.2 Å². The molecule has 0 unspecified atom stereocenters. The fourth-order valence-electron chi connectivity index (χ4n) is 2.45. The van der Waals surface area contributed by atoms with Gasteiger partial charge in [-0.1, -0.05) is 17.7 Å². The molecule has 0 bridgehead atoms. The number of aryl methyl sites for hydroxylation is 1. The van der Waals surface area contributed by atoms with Crippen molar-refractivity contribution in [2.75, 3.05) is 13.2 Å². The van der Waals surface area contributed by atoms with Crippen LogP contribution in [0, 0.1) is 6.92 Å². The van der Waals surface area contributed by atoms with Crippen LogP contribution in [-0.4, -0.2) is 56.3 Å². The number of carbonyl (C=O) groups excluding carboxylic acids is 2. The van der Waals surface area contributed by atoms with Gasteiger partial charge in [-0.3, -0.25) is 9.08 Å². The van der Waals surface area contributed by atoms with Gasteiger partial charge in [0, 0.05) is 0 Å². The first-order chi connectivity index (χ1) is 12.5. The Morgan fingerprint density at radius 3 is 2.26 bits per heavy atom. The van der Waals surface area contributed by atoms with E-state index in [9.17, 15) is 18.0 Å². The van der Waals surface area contributed by atoms with Crippen molar-refractivity contribution in [3.05, 3.63) is 29.8 Å². The van der Waals surface area contributed by atoms with Gasteiger partial charge in [0.05, 0.1) is 24.2 Å². The lowest BCUT2D eigenvalue weighted by molar-refractivity contribution is -0.143. The molecule has 0 radical (unpaired) electrons. The Labute approximate surface area is 159 Å². The first-order valence-corrected chi connectivity index (χ1v) is 10.0. The van der Waals surface area contributed by atoms with Crippen molar-refractivity contribution in [1.29, 1.82) is 0 Å². The topological polar surface area (TPSA) is 99.0 Å². The lowest BCUT2D eigenvalue weighted by atomic mass is 10.2. The highest BCUT2D eigenvalue weighted by Crippen LogP contribution is 2.33. The number of hydrogen-bond donors (Lipinski definition) is 0. The molecule has 1 fully saturated rings. The summed E-state index contributed by atoms with van der Waals surface area (Å²) < 4.78 is 39.9. The fraction of sp³-hybridized carbons (Fsp3) is 0.556. The molecule has 1 amide bonds. The zero-order valence-corrected chi connectivity index (χ0v) is 16.9. The largest absolute Gasteiger partial charge is 0.464 e. The summed E-state index contributed by atoms with van der Waals surface area (Å²) in [6.07, 6.45) is -0.720. The van der Waals surface area contributed by atoms with E-state index in [-0.39, 0.29) is 18.1 Å². The molecule has 1 aromatic rings. The summed E-state index contributed by atoms with van der Waals surface area (Å²) in [5.41, 5.74) is 0.160. The Morgan fingerprint density at radius 2 is 1.74 bits per heavy atom. The smallest absolute Gasteiger partial charge is 0.411 e. The molecule has 0 aliphatic carbocycles. The lowest BCUT2D eigenvalue weighted by Gasteiger charge is -2.20. The summed E-state index contributed by atoms with van der Waals surface area (Å²) in [6, 6.07) is 4.49. The minimum atomic E-state index is -4.01. The molecular weight excluding hydrogens is 374 g/mol. The highest BCUT2D eigenvalue weighted by Gasteiger charge is 2.58. The third kappa shape index (κ3) is 5.43. The maximum Gasteiger partial charge on any atom is 0.411 e.